The lowest BCUT2D eigenvalue weighted by molar-refractivity contribution is -0.140. The molecule has 0 aliphatic heterocycles. The van der Waals surface area contributed by atoms with E-state index in [1.54, 1.807) is 19.1 Å². The highest BCUT2D eigenvalue weighted by Crippen LogP contribution is 2.19. The average molecular weight is 344 g/mol. The van der Waals surface area contributed by atoms with E-state index < -0.39 is 12.1 Å². The van der Waals surface area contributed by atoms with Crippen molar-refractivity contribution in [1.82, 2.24) is 4.90 Å². The molecule has 20 heavy (non-hydrogen) atoms. The molecule has 110 valence electrons. The third kappa shape index (κ3) is 5.21. The molecule has 1 unspecified atom stereocenters. The Hall–Kier alpha value is -1.56. The van der Waals surface area contributed by atoms with Crippen LogP contribution in [0, 0.1) is 0 Å². The van der Waals surface area contributed by atoms with E-state index in [0.717, 1.165) is 4.47 Å². The molecule has 0 radical (unpaired) electrons. The third-order valence-corrected chi connectivity index (χ3v) is 3.24. The van der Waals surface area contributed by atoms with E-state index >= 15 is 0 Å². The third-order valence-electron chi connectivity index (χ3n) is 2.75. The van der Waals surface area contributed by atoms with E-state index in [9.17, 15) is 9.59 Å². The number of nitrogens with zero attached hydrogens (tertiary/aromatic N) is 1. The number of amides is 1. The predicted molar refractivity (Wildman–Crippen MR) is 78.7 cm³/mol. The Balaban J connectivity index is 2.62. The Morgan fingerprint density at radius 1 is 1.45 bits per heavy atom. The van der Waals surface area contributed by atoms with Gasteiger partial charge in [-0.1, -0.05) is 22.0 Å². The van der Waals surface area contributed by atoms with Gasteiger partial charge in [-0.25, -0.2) is 0 Å². The van der Waals surface area contributed by atoms with Gasteiger partial charge in [0.2, 0.25) is 0 Å². The summed E-state index contributed by atoms with van der Waals surface area (Å²) >= 11 is 3.33. The number of ether oxygens (including phenoxy) is 1. The summed E-state index contributed by atoms with van der Waals surface area (Å²) in [7, 11) is 0. The van der Waals surface area contributed by atoms with Crippen molar-refractivity contribution in [2.24, 2.45) is 0 Å². The Bertz CT molecular complexity index is 478. The summed E-state index contributed by atoms with van der Waals surface area (Å²) in [5.41, 5.74) is 0. The molecule has 0 fully saturated rings. The highest BCUT2D eigenvalue weighted by Gasteiger charge is 2.21. The molecule has 0 aliphatic carbocycles. The maximum absolute atomic E-state index is 12.2. The van der Waals surface area contributed by atoms with Gasteiger partial charge >= 0.3 is 5.97 Å². The van der Waals surface area contributed by atoms with Crippen molar-refractivity contribution in [2.75, 3.05) is 13.1 Å². The van der Waals surface area contributed by atoms with Crippen molar-refractivity contribution < 1.29 is 19.4 Å². The average Bonchev–Trinajstić information content (AvgIpc) is 2.38. The molecule has 1 aromatic rings. The summed E-state index contributed by atoms with van der Waals surface area (Å²) in [5.74, 6) is -0.542. The SMILES string of the molecule is CCN(CCC(=O)O)C(=O)C(C)Oc1cccc(Br)c1. The Morgan fingerprint density at radius 2 is 2.15 bits per heavy atom. The number of carbonyl (C=O) groups excluding carboxylic acids is 1. The quantitative estimate of drug-likeness (QED) is 0.826. The summed E-state index contributed by atoms with van der Waals surface area (Å²) < 4.78 is 6.45. The van der Waals surface area contributed by atoms with Crippen molar-refractivity contribution in [3.05, 3.63) is 28.7 Å². The lowest BCUT2D eigenvalue weighted by atomic mass is 10.3. The van der Waals surface area contributed by atoms with Gasteiger partial charge in [-0.15, -0.1) is 0 Å². The molecule has 1 aromatic carbocycles. The Morgan fingerprint density at radius 3 is 2.70 bits per heavy atom. The number of carboxylic acids is 1. The van der Waals surface area contributed by atoms with Crippen LogP contribution >= 0.6 is 15.9 Å². The number of rotatable bonds is 7. The van der Waals surface area contributed by atoms with Gasteiger partial charge in [0, 0.05) is 17.6 Å². The maximum atomic E-state index is 12.2. The van der Waals surface area contributed by atoms with E-state index in [1.807, 2.05) is 19.1 Å². The lowest BCUT2D eigenvalue weighted by Crippen LogP contribution is -2.41. The van der Waals surface area contributed by atoms with Crippen molar-refractivity contribution in [2.45, 2.75) is 26.4 Å². The number of halogens is 1. The van der Waals surface area contributed by atoms with Crippen LogP contribution in [-0.2, 0) is 9.59 Å². The van der Waals surface area contributed by atoms with Gasteiger partial charge < -0.3 is 14.7 Å². The number of carboxylic acid groups (broad SMARTS) is 1. The van der Waals surface area contributed by atoms with Crippen LogP contribution in [0.1, 0.15) is 20.3 Å². The molecular weight excluding hydrogens is 326 g/mol. The largest absolute Gasteiger partial charge is 0.481 e. The van der Waals surface area contributed by atoms with E-state index in [4.69, 9.17) is 9.84 Å². The zero-order chi connectivity index (χ0) is 15.1. The molecule has 5 nitrogen and oxygen atoms in total. The molecule has 1 amide bonds. The molecule has 0 aliphatic rings. The molecule has 0 spiro atoms. The predicted octanol–water partition coefficient (Wildman–Crippen LogP) is 2.54. The molecule has 1 rings (SSSR count). The fourth-order valence-corrected chi connectivity index (χ4v) is 2.08. The minimum atomic E-state index is -0.920. The normalized spacial score (nSPS) is 11.8. The lowest BCUT2D eigenvalue weighted by Gasteiger charge is -2.24. The molecule has 1 atom stereocenters. The molecule has 0 saturated heterocycles. The first-order valence-electron chi connectivity index (χ1n) is 6.36. The summed E-state index contributed by atoms with van der Waals surface area (Å²) in [6, 6.07) is 7.22. The van der Waals surface area contributed by atoms with Crippen LogP contribution in [-0.4, -0.2) is 41.1 Å². The first-order chi connectivity index (χ1) is 9.43. The van der Waals surface area contributed by atoms with Gasteiger partial charge in [0.15, 0.2) is 6.10 Å². The van der Waals surface area contributed by atoms with Crippen LogP contribution in [0.4, 0.5) is 0 Å². The smallest absolute Gasteiger partial charge is 0.305 e. The molecule has 0 bridgehead atoms. The van der Waals surface area contributed by atoms with Gasteiger partial charge in [-0.3, -0.25) is 9.59 Å². The summed E-state index contributed by atoms with van der Waals surface area (Å²) in [6.07, 6.45) is -0.721. The zero-order valence-corrected chi connectivity index (χ0v) is 13.1. The standard InChI is InChI=1S/C14H18BrNO4/c1-3-16(8-7-13(17)18)14(19)10(2)20-12-6-4-5-11(15)9-12/h4-6,9-10H,3,7-8H2,1-2H3,(H,17,18). The van der Waals surface area contributed by atoms with E-state index in [1.165, 1.54) is 4.90 Å². The van der Waals surface area contributed by atoms with Crippen molar-refractivity contribution >= 4 is 27.8 Å². The van der Waals surface area contributed by atoms with Gasteiger partial charge in [0.1, 0.15) is 5.75 Å². The van der Waals surface area contributed by atoms with E-state index in [0.29, 0.717) is 12.3 Å². The number of carbonyl (C=O) groups is 2. The van der Waals surface area contributed by atoms with Crippen LogP contribution in [0.5, 0.6) is 5.75 Å². The highest BCUT2D eigenvalue weighted by atomic mass is 79.9. The first kappa shape index (κ1) is 16.5. The molecule has 6 heteroatoms. The van der Waals surface area contributed by atoms with Gasteiger partial charge in [-0.05, 0) is 32.0 Å². The molecule has 0 saturated carbocycles. The van der Waals surface area contributed by atoms with Crippen LogP contribution in [0.25, 0.3) is 0 Å². The minimum Gasteiger partial charge on any atom is -0.481 e. The second-order valence-electron chi connectivity index (χ2n) is 4.28. The maximum Gasteiger partial charge on any atom is 0.305 e. The van der Waals surface area contributed by atoms with Crippen molar-refractivity contribution in [3.63, 3.8) is 0 Å². The topological polar surface area (TPSA) is 66.8 Å². The van der Waals surface area contributed by atoms with Gasteiger partial charge in [-0.2, -0.15) is 0 Å². The monoisotopic (exact) mass is 343 g/mol. The fourth-order valence-electron chi connectivity index (χ4n) is 1.71. The molecule has 1 N–H and O–H groups in total. The first-order valence-corrected chi connectivity index (χ1v) is 7.16. The minimum absolute atomic E-state index is 0.0663. The fraction of sp³-hybridized carbons (Fsp3) is 0.429. The number of hydrogen-bond donors (Lipinski definition) is 1. The zero-order valence-electron chi connectivity index (χ0n) is 11.5. The molecular formula is C14H18BrNO4. The number of likely N-dealkylation sites (N-methyl/N-ethyl adjacent to an activating group) is 1. The van der Waals surface area contributed by atoms with Gasteiger partial charge in [0.25, 0.3) is 5.91 Å². The Kier molecular flexibility index (Phi) is 6.51. The van der Waals surface area contributed by atoms with Crippen molar-refractivity contribution in [3.8, 4) is 5.75 Å². The number of benzene rings is 1. The summed E-state index contributed by atoms with van der Waals surface area (Å²) in [5, 5.41) is 8.67. The van der Waals surface area contributed by atoms with Crippen molar-refractivity contribution in [1.29, 1.82) is 0 Å². The van der Waals surface area contributed by atoms with Crippen LogP contribution in [0.2, 0.25) is 0 Å². The van der Waals surface area contributed by atoms with Crippen LogP contribution in [0.15, 0.2) is 28.7 Å². The van der Waals surface area contributed by atoms with Crippen LogP contribution < -0.4 is 4.74 Å². The van der Waals surface area contributed by atoms with Crippen LogP contribution in [0.3, 0.4) is 0 Å². The number of aliphatic carboxylic acids is 1. The second-order valence-corrected chi connectivity index (χ2v) is 5.19. The molecule has 0 heterocycles. The second kappa shape index (κ2) is 7.89. The molecule has 0 aromatic heterocycles. The van der Waals surface area contributed by atoms with Gasteiger partial charge in [0.05, 0.1) is 6.42 Å². The Labute approximate surface area is 126 Å². The highest BCUT2D eigenvalue weighted by molar-refractivity contribution is 9.10. The summed E-state index contributed by atoms with van der Waals surface area (Å²) in [4.78, 5) is 24.2. The van der Waals surface area contributed by atoms with E-state index in [-0.39, 0.29) is 18.9 Å². The number of hydrogen-bond acceptors (Lipinski definition) is 3. The summed E-state index contributed by atoms with van der Waals surface area (Å²) in [6.45, 7) is 4.12. The van der Waals surface area contributed by atoms with E-state index in [2.05, 4.69) is 15.9 Å².